The highest BCUT2D eigenvalue weighted by Crippen LogP contribution is 2.26. The van der Waals surface area contributed by atoms with E-state index in [1.165, 1.54) is 11.3 Å². The smallest absolute Gasteiger partial charge is 0.258 e. The average Bonchev–Trinajstić information content (AvgIpc) is 2.90. The zero-order chi connectivity index (χ0) is 14.6. The molecule has 0 bridgehead atoms. The molecule has 0 aliphatic heterocycles. The first-order valence-corrected chi connectivity index (χ1v) is 9.04. The van der Waals surface area contributed by atoms with Gasteiger partial charge in [0.2, 0.25) is 0 Å². The number of likely N-dealkylation sites (N-methyl/N-ethyl adjacent to an activating group) is 1. The second-order valence-corrected chi connectivity index (χ2v) is 7.49. The fraction of sp³-hybridized carbons (Fsp3) is 0.250. The molecular weight excluding hydrogens is 362 g/mol. The van der Waals surface area contributed by atoms with Crippen molar-refractivity contribution < 1.29 is 8.42 Å². The molecule has 0 saturated carbocycles. The van der Waals surface area contributed by atoms with Gasteiger partial charge in [0.05, 0.1) is 0 Å². The van der Waals surface area contributed by atoms with E-state index in [-0.39, 0.29) is 5.03 Å². The Bertz CT molecular complexity index is 668. The van der Waals surface area contributed by atoms with Crippen LogP contribution in [0.5, 0.6) is 0 Å². The quantitative estimate of drug-likeness (QED) is 0.758. The number of aromatic nitrogens is 1. The third-order valence-electron chi connectivity index (χ3n) is 2.52. The number of nitrogens with zero attached hydrogens (tertiary/aromatic N) is 1. The van der Waals surface area contributed by atoms with E-state index < -0.39 is 10.0 Å². The van der Waals surface area contributed by atoms with Gasteiger partial charge in [-0.2, -0.15) is 0 Å². The van der Waals surface area contributed by atoms with Crippen molar-refractivity contribution in [2.75, 3.05) is 20.1 Å². The Hall–Kier alpha value is -0.800. The number of halogens is 1. The van der Waals surface area contributed by atoms with E-state index in [1.807, 2.05) is 24.3 Å². The predicted octanol–water partition coefficient (Wildman–Crippen LogP) is 2.07. The standard InChI is InChI=1S/C12H14BrN3O2S2/c1-14-6-7-15-20(17,18)11-8-19-12(16-11)9-2-4-10(13)5-3-9/h2-5,8,14-15H,6-7H2,1H3. The maximum atomic E-state index is 12.0. The number of hydrogen-bond acceptors (Lipinski definition) is 5. The maximum Gasteiger partial charge on any atom is 0.258 e. The molecule has 2 N–H and O–H groups in total. The highest BCUT2D eigenvalue weighted by molar-refractivity contribution is 9.10. The molecule has 0 amide bonds. The lowest BCUT2D eigenvalue weighted by Gasteiger charge is -2.03. The van der Waals surface area contributed by atoms with Crippen molar-refractivity contribution in [2.45, 2.75) is 5.03 Å². The normalized spacial score (nSPS) is 11.7. The van der Waals surface area contributed by atoms with Crippen LogP contribution >= 0.6 is 27.3 Å². The maximum absolute atomic E-state index is 12.0. The summed E-state index contributed by atoms with van der Waals surface area (Å²) in [6, 6.07) is 7.59. The number of thiazole rings is 1. The molecule has 5 nitrogen and oxygen atoms in total. The van der Waals surface area contributed by atoms with Crippen LogP contribution in [0.4, 0.5) is 0 Å². The van der Waals surface area contributed by atoms with Crippen molar-refractivity contribution in [3.63, 3.8) is 0 Å². The van der Waals surface area contributed by atoms with Crippen LogP contribution in [-0.2, 0) is 10.0 Å². The molecule has 2 aromatic rings. The minimum atomic E-state index is -3.53. The van der Waals surface area contributed by atoms with E-state index in [9.17, 15) is 8.42 Å². The lowest BCUT2D eigenvalue weighted by atomic mass is 10.2. The second-order valence-electron chi connectivity index (χ2n) is 4.00. The lowest BCUT2D eigenvalue weighted by Crippen LogP contribution is -2.30. The van der Waals surface area contributed by atoms with E-state index >= 15 is 0 Å². The second kappa shape index (κ2) is 6.77. The van der Waals surface area contributed by atoms with Gasteiger partial charge < -0.3 is 5.32 Å². The zero-order valence-corrected chi connectivity index (χ0v) is 14.0. The lowest BCUT2D eigenvalue weighted by molar-refractivity contribution is 0.576. The van der Waals surface area contributed by atoms with Crippen LogP contribution in [0.3, 0.4) is 0 Å². The van der Waals surface area contributed by atoms with Gasteiger partial charge >= 0.3 is 0 Å². The van der Waals surface area contributed by atoms with Gasteiger partial charge in [0.25, 0.3) is 10.0 Å². The van der Waals surface area contributed by atoms with Crippen LogP contribution in [0.15, 0.2) is 39.1 Å². The SMILES string of the molecule is CNCCNS(=O)(=O)c1csc(-c2ccc(Br)cc2)n1. The molecule has 20 heavy (non-hydrogen) atoms. The summed E-state index contributed by atoms with van der Waals surface area (Å²) in [6.07, 6.45) is 0. The molecule has 0 atom stereocenters. The first-order chi connectivity index (χ1) is 9.53. The largest absolute Gasteiger partial charge is 0.318 e. The highest BCUT2D eigenvalue weighted by Gasteiger charge is 2.17. The van der Waals surface area contributed by atoms with Crippen LogP contribution in [0.25, 0.3) is 10.6 Å². The first kappa shape index (κ1) is 15.6. The Labute approximate surface area is 130 Å². The van der Waals surface area contributed by atoms with E-state index in [2.05, 4.69) is 31.0 Å². The van der Waals surface area contributed by atoms with Crippen LogP contribution < -0.4 is 10.0 Å². The molecule has 1 aromatic heterocycles. The number of benzene rings is 1. The molecule has 0 aliphatic rings. The third kappa shape index (κ3) is 3.86. The minimum Gasteiger partial charge on any atom is -0.318 e. The number of sulfonamides is 1. The van der Waals surface area contributed by atoms with Gasteiger partial charge in [-0.25, -0.2) is 18.1 Å². The van der Waals surface area contributed by atoms with Crippen molar-refractivity contribution >= 4 is 37.3 Å². The molecule has 0 fully saturated rings. The molecule has 0 aliphatic carbocycles. The topological polar surface area (TPSA) is 71.1 Å². The van der Waals surface area contributed by atoms with Crippen LogP contribution in [0, 0.1) is 0 Å². The van der Waals surface area contributed by atoms with Crippen LogP contribution in [0.1, 0.15) is 0 Å². The number of rotatable bonds is 6. The van der Waals surface area contributed by atoms with Gasteiger partial charge in [0.1, 0.15) is 5.01 Å². The molecule has 0 saturated heterocycles. The molecule has 1 aromatic carbocycles. The molecule has 8 heteroatoms. The molecular formula is C12H14BrN3O2S2. The summed E-state index contributed by atoms with van der Waals surface area (Å²) in [7, 11) is -1.76. The van der Waals surface area contributed by atoms with Crippen molar-refractivity contribution in [3.05, 3.63) is 34.1 Å². The van der Waals surface area contributed by atoms with Gasteiger partial charge in [-0.15, -0.1) is 11.3 Å². The van der Waals surface area contributed by atoms with Gasteiger partial charge in [0.15, 0.2) is 5.03 Å². The molecule has 2 rings (SSSR count). The Morgan fingerprint density at radius 1 is 1.25 bits per heavy atom. The van der Waals surface area contributed by atoms with Crippen LogP contribution in [0.2, 0.25) is 0 Å². The van der Waals surface area contributed by atoms with Crippen LogP contribution in [-0.4, -0.2) is 33.5 Å². The molecule has 0 unspecified atom stereocenters. The monoisotopic (exact) mass is 375 g/mol. The summed E-state index contributed by atoms with van der Waals surface area (Å²) in [6.45, 7) is 0.910. The molecule has 0 spiro atoms. The van der Waals surface area contributed by atoms with Gasteiger partial charge in [-0.05, 0) is 19.2 Å². The fourth-order valence-electron chi connectivity index (χ4n) is 1.49. The van der Waals surface area contributed by atoms with Gasteiger partial charge in [0, 0.05) is 28.5 Å². The third-order valence-corrected chi connectivity index (χ3v) is 5.43. The Morgan fingerprint density at radius 2 is 1.95 bits per heavy atom. The Balaban J connectivity index is 2.18. The summed E-state index contributed by atoms with van der Waals surface area (Å²) >= 11 is 4.67. The summed E-state index contributed by atoms with van der Waals surface area (Å²) in [5.41, 5.74) is 0.898. The summed E-state index contributed by atoms with van der Waals surface area (Å²) in [5.74, 6) is 0. The zero-order valence-electron chi connectivity index (χ0n) is 10.8. The Kier molecular flexibility index (Phi) is 5.28. The Morgan fingerprint density at radius 3 is 2.60 bits per heavy atom. The number of hydrogen-bond donors (Lipinski definition) is 2. The van der Waals surface area contributed by atoms with E-state index in [0.717, 1.165) is 10.0 Å². The van der Waals surface area contributed by atoms with E-state index in [0.29, 0.717) is 18.1 Å². The molecule has 1 heterocycles. The first-order valence-electron chi connectivity index (χ1n) is 5.88. The fourth-order valence-corrected chi connectivity index (χ4v) is 3.88. The van der Waals surface area contributed by atoms with E-state index in [4.69, 9.17) is 0 Å². The van der Waals surface area contributed by atoms with Gasteiger partial charge in [-0.1, -0.05) is 28.1 Å². The summed E-state index contributed by atoms with van der Waals surface area (Å²) in [5, 5.41) is 5.19. The van der Waals surface area contributed by atoms with E-state index in [1.54, 1.807) is 12.4 Å². The van der Waals surface area contributed by atoms with Crippen molar-refractivity contribution in [1.29, 1.82) is 0 Å². The average molecular weight is 376 g/mol. The van der Waals surface area contributed by atoms with Crippen molar-refractivity contribution in [2.24, 2.45) is 0 Å². The summed E-state index contributed by atoms with van der Waals surface area (Å²) in [4.78, 5) is 4.19. The molecule has 108 valence electrons. The summed E-state index contributed by atoms with van der Waals surface area (Å²) < 4.78 is 27.5. The predicted molar refractivity (Wildman–Crippen MR) is 84.4 cm³/mol. The minimum absolute atomic E-state index is 0.0662. The van der Waals surface area contributed by atoms with Gasteiger partial charge in [-0.3, -0.25) is 0 Å². The van der Waals surface area contributed by atoms with Crippen molar-refractivity contribution in [3.8, 4) is 10.6 Å². The molecule has 0 radical (unpaired) electrons. The number of nitrogens with one attached hydrogen (secondary N) is 2. The van der Waals surface area contributed by atoms with Crippen molar-refractivity contribution in [1.82, 2.24) is 15.0 Å². The highest BCUT2D eigenvalue weighted by atomic mass is 79.9.